The number of carbonyl (C=O) groups excluding carboxylic acids is 1. The molecule has 9 heteroatoms. The molecule has 3 rings (SSSR count). The second kappa shape index (κ2) is 6.91. The van der Waals surface area contributed by atoms with Crippen LogP contribution >= 0.6 is 11.8 Å². The first-order valence-electron chi connectivity index (χ1n) is 7.49. The number of hydrogen-bond acceptors (Lipinski definition) is 6. The Kier molecular flexibility index (Phi) is 4.70. The Morgan fingerprint density at radius 1 is 1.42 bits per heavy atom. The van der Waals surface area contributed by atoms with Gasteiger partial charge in [-0.05, 0) is 26.0 Å². The van der Waals surface area contributed by atoms with Gasteiger partial charge in [0.2, 0.25) is 5.91 Å². The summed E-state index contributed by atoms with van der Waals surface area (Å²) in [6.07, 6.45) is 1.60. The van der Waals surface area contributed by atoms with Crippen LogP contribution in [0.15, 0.2) is 34.0 Å². The minimum Gasteiger partial charge on any atom is -0.461 e. The van der Waals surface area contributed by atoms with Crippen LogP contribution < -0.4 is 5.32 Å². The molecule has 0 spiro atoms. The number of aromatic nitrogens is 5. The highest BCUT2D eigenvalue weighted by atomic mass is 32.2. The molecule has 3 heterocycles. The second-order valence-corrected chi connectivity index (χ2v) is 6.10. The van der Waals surface area contributed by atoms with Gasteiger partial charge in [-0.3, -0.25) is 14.0 Å². The zero-order valence-electron chi connectivity index (χ0n) is 13.7. The lowest BCUT2D eigenvalue weighted by Crippen LogP contribution is -2.16. The number of furan rings is 1. The maximum absolute atomic E-state index is 12.1. The summed E-state index contributed by atoms with van der Waals surface area (Å²) >= 11 is 1.34. The summed E-state index contributed by atoms with van der Waals surface area (Å²) in [6.45, 7) is 4.57. The minimum atomic E-state index is -0.117. The van der Waals surface area contributed by atoms with Gasteiger partial charge in [0.15, 0.2) is 16.7 Å². The van der Waals surface area contributed by atoms with Gasteiger partial charge < -0.3 is 9.73 Å². The molecule has 126 valence electrons. The fourth-order valence-corrected chi connectivity index (χ4v) is 3.11. The van der Waals surface area contributed by atoms with Crippen molar-refractivity contribution in [3.05, 3.63) is 30.2 Å². The monoisotopic (exact) mass is 346 g/mol. The van der Waals surface area contributed by atoms with Crippen LogP contribution in [-0.4, -0.2) is 36.2 Å². The summed E-state index contributed by atoms with van der Waals surface area (Å²) in [4.78, 5) is 12.1. The molecule has 0 aliphatic rings. The van der Waals surface area contributed by atoms with Crippen molar-refractivity contribution in [3.63, 3.8) is 0 Å². The molecular weight excluding hydrogens is 328 g/mol. The number of aryl methyl sites for hydroxylation is 2. The van der Waals surface area contributed by atoms with E-state index in [9.17, 15) is 4.79 Å². The smallest absolute Gasteiger partial charge is 0.235 e. The number of nitrogens with one attached hydrogen (secondary N) is 1. The molecule has 0 saturated heterocycles. The molecule has 0 aromatic carbocycles. The van der Waals surface area contributed by atoms with Crippen molar-refractivity contribution in [2.45, 2.75) is 25.5 Å². The van der Waals surface area contributed by atoms with Crippen LogP contribution in [0.4, 0.5) is 5.82 Å². The topological polar surface area (TPSA) is 90.8 Å². The molecule has 0 aliphatic carbocycles. The second-order valence-electron chi connectivity index (χ2n) is 5.16. The Balaban J connectivity index is 1.66. The van der Waals surface area contributed by atoms with E-state index >= 15 is 0 Å². The van der Waals surface area contributed by atoms with Crippen molar-refractivity contribution in [2.24, 2.45) is 7.05 Å². The minimum absolute atomic E-state index is 0.117. The molecule has 0 unspecified atom stereocenters. The van der Waals surface area contributed by atoms with Crippen molar-refractivity contribution < 1.29 is 9.21 Å². The summed E-state index contributed by atoms with van der Waals surface area (Å²) in [5.41, 5.74) is 0.856. The molecule has 24 heavy (non-hydrogen) atoms. The number of rotatable bonds is 6. The van der Waals surface area contributed by atoms with Gasteiger partial charge in [-0.15, -0.1) is 10.2 Å². The molecule has 0 saturated carbocycles. The fourth-order valence-electron chi connectivity index (χ4n) is 2.31. The van der Waals surface area contributed by atoms with Gasteiger partial charge in [0.25, 0.3) is 0 Å². The molecule has 0 fully saturated rings. The summed E-state index contributed by atoms with van der Waals surface area (Å²) in [7, 11) is 1.79. The Labute approximate surface area is 143 Å². The molecule has 0 aliphatic heterocycles. The van der Waals surface area contributed by atoms with Gasteiger partial charge in [0.05, 0.1) is 17.7 Å². The SMILES string of the molecule is CCn1c(SCC(=O)Nc2cc(C)nn2C)nnc1-c1ccco1. The van der Waals surface area contributed by atoms with Gasteiger partial charge in [0, 0.05) is 19.7 Å². The molecular formula is C15H18N6O2S. The first-order valence-corrected chi connectivity index (χ1v) is 8.47. The Morgan fingerprint density at radius 2 is 2.25 bits per heavy atom. The normalized spacial score (nSPS) is 11.0. The average molecular weight is 346 g/mol. The molecule has 1 N–H and O–H groups in total. The molecule has 1 amide bonds. The van der Waals surface area contributed by atoms with Crippen LogP contribution in [0.5, 0.6) is 0 Å². The summed E-state index contributed by atoms with van der Waals surface area (Å²) in [5, 5.41) is 16.0. The number of carbonyl (C=O) groups is 1. The van der Waals surface area contributed by atoms with E-state index in [0.29, 0.717) is 29.1 Å². The number of thioether (sulfide) groups is 1. The zero-order chi connectivity index (χ0) is 17.1. The number of anilines is 1. The third kappa shape index (κ3) is 3.35. The average Bonchev–Trinajstić information content (AvgIpc) is 3.25. The van der Waals surface area contributed by atoms with E-state index in [4.69, 9.17) is 4.42 Å². The first kappa shape index (κ1) is 16.3. The van der Waals surface area contributed by atoms with Crippen molar-refractivity contribution >= 4 is 23.5 Å². The van der Waals surface area contributed by atoms with Gasteiger partial charge in [-0.2, -0.15) is 5.10 Å². The van der Waals surface area contributed by atoms with Crippen LogP contribution in [0.3, 0.4) is 0 Å². The van der Waals surface area contributed by atoms with Crippen LogP contribution in [0.1, 0.15) is 12.6 Å². The Hall–Kier alpha value is -2.55. The highest BCUT2D eigenvalue weighted by molar-refractivity contribution is 7.99. The van der Waals surface area contributed by atoms with Gasteiger partial charge in [-0.25, -0.2) is 0 Å². The van der Waals surface area contributed by atoms with E-state index in [-0.39, 0.29) is 11.7 Å². The molecule has 0 bridgehead atoms. The van der Waals surface area contributed by atoms with E-state index in [1.165, 1.54) is 11.8 Å². The Bertz CT molecular complexity index is 836. The van der Waals surface area contributed by atoms with Gasteiger partial charge in [0.1, 0.15) is 5.82 Å². The summed E-state index contributed by atoms with van der Waals surface area (Å²) < 4.78 is 8.94. The molecule has 0 radical (unpaired) electrons. The number of nitrogens with zero attached hydrogens (tertiary/aromatic N) is 5. The highest BCUT2D eigenvalue weighted by Crippen LogP contribution is 2.24. The van der Waals surface area contributed by atoms with E-state index in [2.05, 4.69) is 20.6 Å². The highest BCUT2D eigenvalue weighted by Gasteiger charge is 2.16. The lowest BCUT2D eigenvalue weighted by molar-refractivity contribution is -0.113. The molecule has 3 aromatic rings. The first-order chi connectivity index (χ1) is 11.6. The quantitative estimate of drug-likeness (QED) is 0.689. The van der Waals surface area contributed by atoms with Crippen LogP contribution in [0, 0.1) is 6.92 Å². The maximum Gasteiger partial charge on any atom is 0.235 e. The largest absolute Gasteiger partial charge is 0.461 e. The molecule has 3 aromatic heterocycles. The number of hydrogen-bond donors (Lipinski definition) is 1. The van der Waals surface area contributed by atoms with Crippen LogP contribution in [0.25, 0.3) is 11.6 Å². The van der Waals surface area contributed by atoms with Crippen molar-refractivity contribution in [1.29, 1.82) is 0 Å². The predicted octanol–water partition coefficient (Wildman–Crippen LogP) is 2.33. The lowest BCUT2D eigenvalue weighted by Gasteiger charge is -2.06. The van der Waals surface area contributed by atoms with E-state index in [1.807, 2.05) is 30.5 Å². The summed E-state index contributed by atoms with van der Waals surface area (Å²) in [5.74, 6) is 2.11. The van der Waals surface area contributed by atoms with Crippen molar-refractivity contribution in [3.8, 4) is 11.6 Å². The third-order valence-electron chi connectivity index (χ3n) is 3.38. The predicted molar refractivity (Wildman–Crippen MR) is 90.7 cm³/mol. The number of amides is 1. The van der Waals surface area contributed by atoms with E-state index in [1.54, 1.807) is 24.1 Å². The van der Waals surface area contributed by atoms with E-state index in [0.717, 1.165) is 5.69 Å². The van der Waals surface area contributed by atoms with Gasteiger partial charge in [-0.1, -0.05) is 11.8 Å². The zero-order valence-corrected chi connectivity index (χ0v) is 14.5. The Morgan fingerprint density at radius 3 is 2.88 bits per heavy atom. The standard InChI is InChI=1S/C15H18N6O2S/c1-4-21-14(11-6-5-7-23-11)17-18-15(21)24-9-13(22)16-12-8-10(2)19-20(12)3/h5-8H,4,9H2,1-3H3,(H,16,22). The fraction of sp³-hybridized carbons (Fsp3) is 0.333. The van der Waals surface area contributed by atoms with Crippen molar-refractivity contribution in [1.82, 2.24) is 24.5 Å². The molecule has 8 nitrogen and oxygen atoms in total. The maximum atomic E-state index is 12.1. The van der Waals surface area contributed by atoms with E-state index < -0.39 is 0 Å². The van der Waals surface area contributed by atoms with Gasteiger partial charge >= 0.3 is 0 Å². The summed E-state index contributed by atoms with van der Waals surface area (Å²) in [6, 6.07) is 5.47. The van der Waals surface area contributed by atoms with Crippen molar-refractivity contribution in [2.75, 3.05) is 11.1 Å². The third-order valence-corrected chi connectivity index (χ3v) is 4.34. The van der Waals surface area contributed by atoms with Crippen LogP contribution in [-0.2, 0) is 18.4 Å². The van der Waals surface area contributed by atoms with Crippen LogP contribution in [0.2, 0.25) is 0 Å². The molecule has 0 atom stereocenters. The lowest BCUT2D eigenvalue weighted by atomic mass is 10.4.